The fraction of sp³-hybridized carbons (Fsp3) is 0.533. The highest BCUT2D eigenvalue weighted by Gasteiger charge is 2.49. The van der Waals surface area contributed by atoms with Crippen LogP contribution in [0.15, 0.2) is 35.4 Å². The summed E-state index contributed by atoms with van der Waals surface area (Å²) in [6, 6.07) is 10.2. The normalized spacial score (nSPS) is 29.7. The number of para-hydroxylation sites is 1. The van der Waals surface area contributed by atoms with Crippen molar-refractivity contribution in [1.29, 1.82) is 0 Å². The van der Waals surface area contributed by atoms with Crippen LogP contribution in [-0.4, -0.2) is 33.9 Å². The van der Waals surface area contributed by atoms with Crippen LogP contribution in [0, 0.1) is 11.3 Å². The van der Waals surface area contributed by atoms with Crippen LogP contribution in [0.2, 0.25) is 0 Å². The van der Waals surface area contributed by atoms with Crippen LogP contribution in [-0.2, 0) is 7.58 Å². The minimum atomic E-state index is -0.435. The second-order valence-electron chi connectivity index (χ2n) is 6.49. The quantitative estimate of drug-likeness (QED) is 0.745. The fourth-order valence-electron chi connectivity index (χ4n) is 2.92. The van der Waals surface area contributed by atoms with E-state index >= 15 is 0 Å². The van der Waals surface area contributed by atoms with Gasteiger partial charge in [0.05, 0.1) is 11.6 Å². The molecule has 0 spiro atoms. The fourth-order valence-corrected chi connectivity index (χ4v) is 4.08. The first kappa shape index (κ1) is 14.1. The Kier molecular flexibility index (Phi) is 3.64. The van der Waals surface area contributed by atoms with Crippen LogP contribution in [0.3, 0.4) is 0 Å². The highest BCUT2D eigenvalue weighted by Crippen LogP contribution is 2.40. The molecule has 2 aliphatic heterocycles. The molecule has 1 fully saturated rings. The Morgan fingerprint density at radius 1 is 1.15 bits per heavy atom. The Bertz CT molecular complexity index is 512. The van der Waals surface area contributed by atoms with E-state index in [1.54, 1.807) is 0 Å². The predicted octanol–water partition coefficient (Wildman–Crippen LogP) is 2.82. The molecule has 1 saturated heterocycles. The van der Waals surface area contributed by atoms with Crippen molar-refractivity contribution >= 4 is 27.3 Å². The first-order valence-electron chi connectivity index (χ1n) is 7.00. The number of benzene rings is 1. The molecule has 3 atom stereocenters. The van der Waals surface area contributed by atoms with Crippen molar-refractivity contribution in [3.63, 3.8) is 0 Å². The lowest BCUT2D eigenvalue weighted by Crippen LogP contribution is -2.53. The number of fused-ring (bicyclic) bond motifs is 1. The largest absolute Gasteiger partial charge is 0.670 e. The molecule has 1 aromatic carbocycles. The zero-order valence-electron chi connectivity index (χ0n) is 12.4. The number of hydrogen-bond acceptors (Lipinski definition) is 4. The molecule has 20 heavy (non-hydrogen) atoms. The maximum Gasteiger partial charge on any atom is 0.670 e. The summed E-state index contributed by atoms with van der Waals surface area (Å²) in [6.07, 6.45) is 0.138. The molecule has 3 rings (SSSR count). The summed E-state index contributed by atoms with van der Waals surface area (Å²) < 4.78 is 11.9. The second-order valence-corrected chi connectivity index (χ2v) is 7.23. The molecule has 0 aliphatic carbocycles. The lowest BCUT2D eigenvalue weighted by Gasteiger charge is -2.43. The van der Waals surface area contributed by atoms with E-state index in [0.29, 0.717) is 0 Å². The van der Waals surface area contributed by atoms with Crippen LogP contribution < -0.4 is 5.01 Å². The van der Waals surface area contributed by atoms with E-state index in [9.17, 15) is 0 Å². The summed E-state index contributed by atoms with van der Waals surface area (Å²) in [7, 11) is 0. The molecular weight excluding hydrogens is 267 g/mol. The van der Waals surface area contributed by atoms with Gasteiger partial charge in [0.1, 0.15) is 6.23 Å². The van der Waals surface area contributed by atoms with Gasteiger partial charge in [0, 0.05) is 11.8 Å². The molecule has 0 aromatic heterocycles. The van der Waals surface area contributed by atoms with Gasteiger partial charge >= 0.3 is 15.9 Å². The van der Waals surface area contributed by atoms with E-state index in [2.05, 4.69) is 39.8 Å². The molecule has 1 aromatic rings. The van der Waals surface area contributed by atoms with Gasteiger partial charge in [-0.05, 0) is 24.5 Å². The van der Waals surface area contributed by atoms with Crippen molar-refractivity contribution in [2.45, 2.75) is 40.0 Å². The maximum absolute atomic E-state index is 5.96. The minimum Gasteiger partial charge on any atom is -0.480 e. The molecule has 105 valence electrons. The van der Waals surface area contributed by atoms with E-state index in [-0.39, 0.29) is 23.7 Å². The Labute approximate surface area is 127 Å². The lowest BCUT2D eigenvalue weighted by molar-refractivity contribution is -0.0429. The molecule has 1 radical (unpaired) electrons. The van der Waals surface area contributed by atoms with Crippen molar-refractivity contribution in [3.05, 3.63) is 30.3 Å². The van der Waals surface area contributed by atoms with E-state index in [1.165, 1.54) is 0 Å². The lowest BCUT2D eigenvalue weighted by atomic mass is 9.79. The number of nitrogens with zero attached hydrogens (tertiary/aromatic N) is 2. The summed E-state index contributed by atoms with van der Waals surface area (Å²) in [5.41, 5.74) is 2.26. The topological polar surface area (TPSA) is 34.1 Å². The zero-order valence-corrected chi connectivity index (χ0v) is 13.6. The molecule has 0 saturated carbocycles. The van der Waals surface area contributed by atoms with E-state index < -0.39 is 15.9 Å². The molecule has 2 aliphatic rings. The number of rotatable bonds is 1. The summed E-state index contributed by atoms with van der Waals surface area (Å²) in [6.45, 7) is 8.74. The standard InChI is InChI=1S/C15H20N2O2.Al/c1-10-12(13(18)15(2,3)4)14(19)17(16-10)11-8-6-5-7-9-11;/h5-9,12-14H,1-4H3;/q-2;+2. The molecule has 4 nitrogen and oxygen atoms in total. The Morgan fingerprint density at radius 2 is 1.85 bits per heavy atom. The number of hydrazone groups is 1. The van der Waals surface area contributed by atoms with Crippen molar-refractivity contribution in [2.75, 3.05) is 5.01 Å². The molecule has 0 bridgehead atoms. The minimum absolute atomic E-state index is 0.0228. The predicted molar refractivity (Wildman–Crippen MR) is 80.5 cm³/mol. The van der Waals surface area contributed by atoms with Gasteiger partial charge in [-0.1, -0.05) is 39.0 Å². The maximum atomic E-state index is 5.96. The summed E-state index contributed by atoms with van der Waals surface area (Å²) >= 11 is -0.435. The first-order chi connectivity index (χ1) is 9.48. The zero-order chi connectivity index (χ0) is 14.3. The van der Waals surface area contributed by atoms with Crippen molar-refractivity contribution < 1.29 is 7.58 Å². The van der Waals surface area contributed by atoms with Crippen LogP contribution in [0.5, 0.6) is 0 Å². The molecule has 3 unspecified atom stereocenters. The number of anilines is 1. The molecule has 0 amide bonds. The van der Waals surface area contributed by atoms with Crippen LogP contribution in [0.25, 0.3) is 0 Å². The highest BCUT2D eigenvalue weighted by molar-refractivity contribution is 6.19. The Morgan fingerprint density at radius 3 is 2.50 bits per heavy atom. The molecule has 0 N–H and O–H groups in total. The summed E-state index contributed by atoms with van der Waals surface area (Å²) in [5.74, 6) is 0.205. The third-order valence-electron chi connectivity index (χ3n) is 3.89. The van der Waals surface area contributed by atoms with Crippen LogP contribution in [0.1, 0.15) is 27.7 Å². The van der Waals surface area contributed by atoms with E-state index in [0.717, 1.165) is 11.4 Å². The van der Waals surface area contributed by atoms with Gasteiger partial charge < -0.3 is 7.58 Å². The third kappa shape index (κ3) is 2.40. The van der Waals surface area contributed by atoms with Gasteiger partial charge in [0.25, 0.3) is 0 Å². The van der Waals surface area contributed by atoms with Crippen LogP contribution >= 0.6 is 0 Å². The van der Waals surface area contributed by atoms with Crippen molar-refractivity contribution in [2.24, 2.45) is 16.4 Å². The van der Waals surface area contributed by atoms with Crippen molar-refractivity contribution in [1.82, 2.24) is 0 Å². The van der Waals surface area contributed by atoms with Crippen molar-refractivity contribution in [3.8, 4) is 0 Å². The monoisotopic (exact) mass is 287 g/mol. The van der Waals surface area contributed by atoms with Gasteiger partial charge in [0.2, 0.25) is 0 Å². The molecular formula is C15H20AlN2O2. The van der Waals surface area contributed by atoms with E-state index in [1.807, 2.05) is 23.2 Å². The SMILES string of the molecule is CC1=NN(c2ccccc2)C2[O][Al][O]C(C(C)(C)C)C12. The summed E-state index contributed by atoms with van der Waals surface area (Å²) in [4.78, 5) is 0. The Balaban J connectivity index is 1.93. The van der Waals surface area contributed by atoms with Gasteiger partial charge in [-0.2, -0.15) is 5.10 Å². The second kappa shape index (κ2) is 5.16. The van der Waals surface area contributed by atoms with Gasteiger partial charge in [0.15, 0.2) is 0 Å². The van der Waals surface area contributed by atoms with Gasteiger partial charge in [-0.15, -0.1) is 0 Å². The third-order valence-corrected chi connectivity index (χ3v) is 4.69. The highest BCUT2D eigenvalue weighted by atomic mass is 27.2. The number of hydrogen-bond donors (Lipinski definition) is 0. The van der Waals surface area contributed by atoms with Crippen LogP contribution in [0.4, 0.5) is 5.69 Å². The summed E-state index contributed by atoms with van der Waals surface area (Å²) in [5, 5.41) is 6.73. The average Bonchev–Trinajstić information content (AvgIpc) is 2.76. The van der Waals surface area contributed by atoms with E-state index in [4.69, 9.17) is 12.7 Å². The Hall–Kier alpha value is -0.858. The average molecular weight is 287 g/mol. The first-order valence-corrected chi connectivity index (χ1v) is 7.95. The molecule has 2 heterocycles. The molecule has 5 heteroatoms. The smallest absolute Gasteiger partial charge is 0.480 e. The van der Waals surface area contributed by atoms with Gasteiger partial charge in [-0.25, -0.2) is 5.01 Å². The van der Waals surface area contributed by atoms with Gasteiger partial charge in [-0.3, -0.25) is 0 Å².